The molecule has 0 fully saturated rings. The van der Waals surface area contributed by atoms with E-state index in [1.165, 1.54) is 11.0 Å². The summed E-state index contributed by atoms with van der Waals surface area (Å²) in [7, 11) is -1.97. The molecule has 246 valence electrons. The van der Waals surface area contributed by atoms with Crippen molar-refractivity contribution in [2.24, 2.45) is 5.73 Å². The number of nitrogens with zero attached hydrogens (tertiary/aromatic N) is 1. The van der Waals surface area contributed by atoms with Gasteiger partial charge in [-0.2, -0.15) is 0 Å². The summed E-state index contributed by atoms with van der Waals surface area (Å²) in [4.78, 5) is 75.6. The molecule has 0 saturated heterocycles. The SMILES string of the molecule is C=CC[C@@H](C(=O)NCC(=O)NCC(N)=O)N(C[Si](C)(C)C)C(=O)CNC(=O)CNC(=O)OCC1c2ccccc2-c2ccccc21. The van der Waals surface area contributed by atoms with E-state index in [2.05, 4.69) is 27.8 Å². The van der Waals surface area contributed by atoms with Gasteiger partial charge < -0.3 is 36.6 Å². The highest BCUT2D eigenvalue weighted by atomic mass is 28.3. The second kappa shape index (κ2) is 16.4. The predicted octanol–water partition coefficient (Wildman–Crippen LogP) is 1.01. The minimum Gasteiger partial charge on any atom is -0.449 e. The molecule has 3 rings (SSSR count). The normalized spacial score (nSPS) is 12.5. The average Bonchev–Trinajstić information content (AvgIpc) is 3.34. The molecule has 14 heteroatoms. The van der Waals surface area contributed by atoms with Gasteiger partial charge in [0.2, 0.25) is 29.5 Å². The van der Waals surface area contributed by atoms with Crippen LogP contribution in [0.1, 0.15) is 23.5 Å². The lowest BCUT2D eigenvalue weighted by Gasteiger charge is -2.34. The highest BCUT2D eigenvalue weighted by molar-refractivity contribution is 6.76. The fraction of sp³-hybridized carbons (Fsp3) is 0.375. The number of carbonyl (C=O) groups excluding carboxylic acids is 6. The molecule has 2 aromatic rings. The standard InChI is InChI=1S/C32H42N6O7Si/c1-5-10-26(31(43)36-16-28(40)34-15-27(33)39)38(20-46(2,3)4)30(42)18-35-29(41)17-37-32(44)45-19-25-23-13-8-6-11-21(23)22-12-7-9-14-24(22)25/h5-9,11-14,25-26H,1,10,15-20H2,2-4H3,(H2,33,39)(H,34,40)(H,35,41)(H,36,43)(H,37,44)/t26-/m0/s1. The van der Waals surface area contributed by atoms with Crippen LogP contribution < -0.4 is 27.0 Å². The van der Waals surface area contributed by atoms with E-state index in [-0.39, 0.29) is 25.5 Å². The number of hydrogen-bond donors (Lipinski definition) is 5. The maximum Gasteiger partial charge on any atom is 0.407 e. The van der Waals surface area contributed by atoms with Gasteiger partial charge in [0.15, 0.2) is 0 Å². The Balaban J connectivity index is 1.53. The molecular formula is C32H42N6O7Si. The van der Waals surface area contributed by atoms with Crippen LogP contribution in [-0.4, -0.2) is 93.6 Å². The summed E-state index contributed by atoms with van der Waals surface area (Å²) in [6.07, 6.45) is 1.10. The number of alkyl carbamates (subject to hydrolysis) is 1. The lowest BCUT2D eigenvalue weighted by Crippen LogP contribution is -2.57. The Morgan fingerprint density at radius 1 is 0.848 bits per heavy atom. The van der Waals surface area contributed by atoms with Crippen molar-refractivity contribution in [1.29, 1.82) is 0 Å². The van der Waals surface area contributed by atoms with Crippen molar-refractivity contribution in [1.82, 2.24) is 26.2 Å². The van der Waals surface area contributed by atoms with Crippen molar-refractivity contribution in [3.8, 4) is 11.1 Å². The van der Waals surface area contributed by atoms with Crippen LogP contribution in [0.15, 0.2) is 61.2 Å². The maximum absolute atomic E-state index is 13.3. The topological polar surface area (TPSA) is 189 Å². The van der Waals surface area contributed by atoms with Crippen molar-refractivity contribution < 1.29 is 33.5 Å². The van der Waals surface area contributed by atoms with E-state index in [0.29, 0.717) is 6.17 Å². The fourth-order valence-electron chi connectivity index (χ4n) is 5.09. The number of nitrogens with one attached hydrogen (secondary N) is 4. The van der Waals surface area contributed by atoms with Crippen LogP contribution in [0.2, 0.25) is 19.6 Å². The van der Waals surface area contributed by atoms with Gasteiger partial charge in [-0.1, -0.05) is 74.2 Å². The smallest absolute Gasteiger partial charge is 0.407 e. The third-order valence-corrected chi connectivity index (χ3v) is 8.38. The molecule has 1 aliphatic carbocycles. The van der Waals surface area contributed by atoms with E-state index in [1.807, 2.05) is 68.2 Å². The van der Waals surface area contributed by atoms with Crippen LogP contribution in [0.5, 0.6) is 0 Å². The number of ether oxygens (including phenoxy) is 1. The first kappa shape index (κ1) is 35.5. The fourth-order valence-corrected chi connectivity index (χ4v) is 6.51. The van der Waals surface area contributed by atoms with Crippen molar-refractivity contribution in [3.05, 3.63) is 72.3 Å². The molecule has 0 bridgehead atoms. The number of nitrogens with two attached hydrogens (primary N) is 1. The van der Waals surface area contributed by atoms with Gasteiger partial charge in [0.25, 0.3) is 0 Å². The van der Waals surface area contributed by atoms with Gasteiger partial charge in [-0.15, -0.1) is 6.58 Å². The van der Waals surface area contributed by atoms with Crippen LogP contribution in [0.4, 0.5) is 4.79 Å². The Kier molecular flexibility index (Phi) is 12.6. The monoisotopic (exact) mass is 650 g/mol. The van der Waals surface area contributed by atoms with E-state index in [1.54, 1.807) is 0 Å². The van der Waals surface area contributed by atoms with Crippen LogP contribution >= 0.6 is 0 Å². The minimum atomic E-state index is -1.97. The quantitative estimate of drug-likeness (QED) is 0.132. The molecule has 0 spiro atoms. The number of primary amides is 1. The molecular weight excluding hydrogens is 608 g/mol. The van der Waals surface area contributed by atoms with Crippen LogP contribution in [-0.2, 0) is 28.7 Å². The van der Waals surface area contributed by atoms with Crippen LogP contribution in [0.3, 0.4) is 0 Å². The summed E-state index contributed by atoms with van der Waals surface area (Å²) >= 11 is 0. The Hall–Kier alpha value is -4.98. The lowest BCUT2D eigenvalue weighted by atomic mass is 9.98. The average molecular weight is 651 g/mol. The van der Waals surface area contributed by atoms with Gasteiger partial charge in [-0.05, 0) is 28.7 Å². The van der Waals surface area contributed by atoms with Crippen LogP contribution in [0, 0.1) is 0 Å². The number of amides is 6. The molecule has 6 N–H and O–H groups in total. The largest absolute Gasteiger partial charge is 0.449 e. The second-order valence-corrected chi connectivity index (χ2v) is 17.5. The Morgan fingerprint density at radius 2 is 1.39 bits per heavy atom. The van der Waals surface area contributed by atoms with E-state index in [4.69, 9.17) is 10.5 Å². The molecule has 0 radical (unpaired) electrons. The van der Waals surface area contributed by atoms with Gasteiger partial charge in [-0.3, -0.25) is 24.0 Å². The lowest BCUT2D eigenvalue weighted by molar-refractivity contribution is -0.140. The third kappa shape index (κ3) is 10.3. The molecule has 13 nitrogen and oxygen atoms in total. The van der Waals surface area contributed by atoms with Crippen LogP contribution in [0.25, 0.3) is 11.1 Å². The van der Waals surface area contributed by atoms with Gasteiger partial charge in [0.05, 0.1) is 27.7 Å². The summed E-state index contributed by atoms with van der Waals surface area (Å²) in [5, 5.41) is 9.65. The highest BCUT2D eigenvalue weighted by Crippen LogP contribution is 2.44. The first-order valence-corrected chi connectivity index (χ1v) is 18.6. The van der Waals surface area contributed by atoms with E-state index < -0.39 is 69.4 Å². The zero-order chi connectivity index (χ0) is 33.9. The van der Waals surface area contributed by atoms with Crippen molar-refractivity contribution in [2.75, 3.05) is 39.0 Å². The number of benzene rings is 2. The molecule has 1 aliphatic rings. The maximum atomic E-state index is 13.3. The minimum absolute atomic E-state index is 0.0885. The number of carbonyl (C=O) groups is 6. The zero-order valence-electron chi connectivity index (χ0n) is 26.4. The molecule has 46 heavy (non-hydrogen) atoms. The first-order chi connectivity index (χ1) is 21.8. The van der Waals surface area contributed by atoms with Gasteiger partial charge in [0.1, 0.15) is 19.2 Å². The Labute approximate surface area is 269 Å². The second-order valence-electron chi connectivity index (χ2n) is 12.0. The van der Waals surface area contributed by atoms with Gasteiger partial charge in [-0.25, -0.2) is 4.79 Å². The Bertz CT molecular complexity index is 1430. The number of fused-ring (bicyclic) bond motifs is 3. The molecule has 0 heterocycles. The van der Waals surface area contributed by atoms with Crippen molar-refractivity contribution in [3.63, 3.8) is 0 Å². The van der Waals surface area contributed by atoms with Gasteiger partial charge >= 0.3 is 6.09 Å². The van der Waals surface area contributed by atoms with E-state index in [9.17, 15) is 28.8 Å². The molecule has 1 atom stereocenters. The molecule has 0 aliphatic heterocycles. The van der Waals surface area contributed by atoms with Crippen molar-refractivity contribution >= 4 is 43.7 Å². The highest BCUT2D eigenvalue weighted by Gasteiger charge is 2.33. The summed E-state index contributed by atoms with van der Waals surface area (Å²) in [5.74, 6) is -3.21. The van der Waals surface area contributed by atoms with E-state index in [0.717, 1.165) is 22.3 Å². The molecule has 0 aromatic heterocycles. The predicted molar refractivity (Wildman–Crippen MR) is 175 cm³/mol. The zero-order valence-corrected chi connectivity index (χ0v) is 27.4. The van der Waals surface area contributed by atoms with E-state index >= 15 is 0 Å². The molecule has 0 saturated carbocycles. The first-order valence-electron chi connectivity index (χ1n) is 14.9. The number of hydrogen-bond acceptors (Lipinski definition) is 7. The molecule has 2 aromatic carbocycles. The van der Waals surface area contributed by atoms with Gasteiger partial charge in [0, 0.05) is 12.1 Å². The summed E-state index contributed by atoms with van der Waals surface area (Å²) in [6.45, 7) is 8.19. The number of rotatable bonds is 16. The Morgan fingerprint density at radius 3 is 1.93 bits per heavy atom. The summed E-state index contributed by atoms with van der Waals surface area (Å²) < 4.78 is 5.45. The molecule has 0 unspecified atom stereocenters. The summed E-state index contributed by atoms with van der Waals surface area (Å²) in [5.41, 5.74) is 9.33. The van der Waals surface area contributed by atoms with Crippen molar-refractivity contribution in [2.45, 2.75) is 38.0 Å². The third-order valence-electron chi connectivity index (χ3n) is 7.09. The summed E-state index contributed by atoms with van der Waals surface area (Å²) in [6, 6.07) is 14.9. The molecule has 6 amide bonds.